The zero-order valence-electron chi connectivity index (χ0n) is 17.6. The van der Waals surface area contributed by atoms with Crippen LogP contribution in [0.4, 0.5) is 0 Å². The summed E-state index contributed by atoms with van der Waals surface area (Å²) < 4.78 is 5.08. The molecule has 0 saturated heterocycles. The number of unbranched alkanes of at least 4 members (excludes halogenated alkanes) is 1. The van der Waals surface area contributed by atoms with Crippen LogP contribution in [0.25, 0.3) is 0 Å². The van der Waals surface area contributed by atoms with Crippen LogP contribution in [0.1, 0.15) is 63.8 Å². The Morgan fingerprint density at radius 2 is 2.07 bits per heavy atom. The normalized spacial score (nSPS) is 12.2. The lowest BCUT2D eigenvalue weighted by atomic mass is 10.2. The van der Waals surface area contributed by atoms with Gasteiger partial charge in [0.25, 0.3) is 0 Å². The zero-order valence-corrected chi connectivity index (χ0v) is 21.5. The number of halogens is 1. The standard InChI is InChI=1S/C19H29N5O2S2.HI/c1-6-26-18(25)16-13(3)23-17(28-16)14(4)24-19(20-5)21-10-8-7-9-15-22-12(2)11-27-15;/h11,14H,6-10H2,1-5H3,(H2,20,21,24);1H. The largest absolute Gasteiger partial charge is 0.462 e. The minimum atomic E-state index is -0.311. The summed E-state index contributed by atoms with van der Waals surface area (Å²) in [4.78, 5) is 25.8. The van der Waals surface area contributed by atoms with E-state index >= 15 is 0 Å². The molecule has 0 saturated carbocycles. The first-order chi connectivity index (χ1) is 13.4. The van der Waals surface area contributed by atoms with Crippen LogP contribution in [0.15, 0.2) is 10.4 Å². The minimum absolute atomic E-state index is 0. The summed E-state index contributed by atoms with van der Waals surface area (Å²) in [5.74, 6) is 0.414. The van der Waals surface area contributed by atoms with Gasteiger partial charge in [-0.3, -0.25) is 4.99 Å². The van der Waals surface area contributed by atoms with Gasteiger partial charge in [-0.15, -0.1) is 46.7 Å². The van der Waals surface area contributed by atoms with Crippen molar-refractivity contribution in [2.24, 2.45) is 4.99 Å². The first-order valence-corrected chi connectivity index (χ1v) is 11.2. The molecule has 2 aromatic heterocycles. The van der Waals surface area contributed by atoms with Gasteiger partial charge in [-0.05, 0) is 47.0 Å². The Morgan fingerprint density at radius 1 is 1.31 bits per heavy atom. The number of aliphatic imine (C=N–C) groups is 1. The number of esters is 1. The molecule has 1 atom stereocenters. The number of guanidine groups is 1. The Labute approximate surface area is 197 Å². The molecule has 2 N–H and O–H groups in total. The van der Waals surface area contributed by atoms with Crippen molar-refractivity contribution in [1.29, 1.82) is 0 Å². The Bertz CT molecular complexity index is 806. The fourth-order valence-corrected chi connectivity index (χ4v) is 4.36. The van der Waals surface area contributed by atoms with Gasteiger partial charge in [0.05, 0.1) is 23.4 Å². The number of thiazole rings is 2. The monoisotopic (exact) mass is 551 g/mol. The highest BCUT2D eigenvalue weighted by atomic mass is 127. The molecule has 0 aliphatic heterocycles. The third-order valence-electron chi connectivity index (χ3n) is 4.00. The lowest BCUT2D eigenvalue weighted by Crippen LogP contribution is -2.39. The van der Waals surface area contributed by atoms with Gasteiger partial charge in [0, 0.05) is 24.7 Å². The average Bonchev–Trinajstić information content (AvgIpc) is 3.26. The fraction of sp³-hybridized carbons (Fsp3) is 0.579. The van der Waals surface area contributed by atoms with Crippen LogP contribution in [0.3, 0.4) is 0 Å². The Balaban J connectivity index is 0.00000420. The lowest BCUT2D eigenvalue weighted by Gasteiger charge is -2.16. The molecule has 7 nitrogen and oxygen atoms in total. The summed E-state index contributed by atoms with van der Waals surface area (Å²) in [6.07, 6.45) is 3.13. The van der Waals surface area contributed by atoms with E-state index < -0.39 is 0 Å². The van der Waals surface area contributed by atoms with E-state index in [1.807, 2.05) is 20.8 Å². The van der Waals surface area contributed by atoms with E-state index in [9.17, 15) is 4.79 Å². The molecule has 0 spiro atoms. The number of aryl methyl sites for hydroxylation is 3. The second-order valence-corrected chi connectivity index (χ2v) is 8.37. The molecule has 10 heteroatoms. The summed E-state index contributed by atoms with van der Waals surface area (Å²) >= 11 is 3.09. The third kappa shape index (κ3) is 8.17. The van der Waals surface area contributed by atoms with E-state index in [0.717, 1.165) is 42.5 Å². The molecule has 2 rings (SSSR count). The molecular weight excluding hydrogens is 521 g/mol. The van der Waals surface area contributed by atoms with E-state index in [0.29, 0.717) is 17.2 Å². The highest BCUT2D eigenvalue weighted by molar-refractivity contribution is 14.0. The average molecular weight is 552 g/mol. The number of hydrogen-bond donors (Lipinski definition) is 2. The number of nitrogens with zero attached hydrogens (tertiary/aromatic N) is 3. The van der Waals surface area contributed by atoms with Gasteiger partial charge in [0.1, 0.15) is 9.88 Å². The first-order valence-electron chi connectivity index (χ1n) is 9.47. The predicted molar refractivity (Wildman–Crippen MR) is 131 cm³/mol. The number of carbonyl (C=O) groups is 1. The maximum Gasteiger partial charge on any atom is 0.350 e. The molecular formula is C19H30IN5O2S2. The molecule has 0 aliphatic carbocycles. The van der Waals surface area contributed by atoms with Gasteiger partial charge < -0.3 is 15.4 Å². The van der Waals surface area contributed by atoms with E-state index in [4.69, 9.17) is 4.74 Å². The molecule has 2 heterocycles. The molecule has 0 aliphatic rings. The van der Waals surface area contributed by atoms with Gasteiger partial charge in [0.15, 0.2) is 5.96 Å². The molecule has 2 aromatic rings. The molecule has 1 unspecified atom stereocenters. The molecule has 162 valence electrons. The predicted octanol–water partition coefficient (Wildman–Crippen LogP) is 4.26. The highest BCUT2D eigenvalue weighted by Crippen LogP contribution is 2.24. The number of ether oxygens (including phenoxy) is 1. The van der Waals surface area contributed by atoms with Crippen LogP contribution < -0.4 is 10.6 Å². The van der Waals surface area contributed by atoms with Gasteiger partial charge in [0.2, 0.25) is 0 Å². The topological polar surface area (TPSA) is 88.5 Å². The summed E-state index contributed by atoms with van der Waals surface area (Å²) in [5, 5.41) is 10.8. The summed E-state index contributed by atoms with van der Waals surface area (Å²) in [7, 11) is 1.75. The maximum absolute atomic E-state index is 12.0. The molecule has 0 bridgehead atoms. The molecule has 0 amide bonds. The van der Waals surface area contributed by atoms with Crippen molar-refractivity contribution in [2.45, 2.75) is 53.0 Å². The van der Waals surface area contributed by atoms with Crippen LogP contribution >= 0.6 is 46.7 Å². The smallest absolute Gasteiger partial charge is 0.350 e. The SMILES string of the molecule is CCOC(=O)c1sc(C(C)NC(=NC)NCCCCc2nc(C)cs2)nc1C.I. The van der Waals surface area contributed by atoms with Gasteiger partial charge in [-0.25, -0.2) is 14.8 Å². The Hall–Kier alpha value is -1.27. The van der Waals surface area contributed by atoms with Crippen LogP contribution in [0.5, 0.6) is 0 Å². The van der Waals surface area contributed by atoms with Gasteiger partial charge in [-0.1, -0.05) is 0 Å². The van der Waals surface area contributed by atoms with Crippen molar-refractivity contribution in [3.05, 3.63) is 31.7 Å². The van der Waals surface area contributed by atoms with E-state index in [1.54, 1.807) is 25.3 Å². The molecule has 0 fully saturated rings. The molecule has 0 radical (unpaired) electrons. The summed E-state index contributed by atoms with van der Waals surface area (Å²) in [6, 6.07) is -0.0589. The number of nitrogens with one attached hydrogen (secondary N) is 2. The van der Waals surface area contributed by atoms with Crippen LogP contribution in [-0.2, 0) is 11.2 Å². The van der Waals surface area contributed by atoms with E-state index in [1.165, 1.54) is 16.3 Å². The van der Waals surface area contributed by atoms with E-state index in [-0.39, 0.29) is 36.0 Å². The van der Waals surface area contributed by atoms with Crippen LogP contribution in [-0.4, -0.2) is 42.1 Å². The van der Waals surface area contributed by atoms with Crippen molar-refractivity contribution < 1.29 is 9.53 Å². The Kier molecular flexibility index (Phi) is 11.7. The number of rotatable bonds is 9. The number of carbonyl (C=O) groups excluding carboxylic acids is 1. The van der Waals surface area contributed by atoms with E-state index in [2.05, 4.69) is 31.0 Å². The van der Waals surface area contributed by atoms with Crippen molar-refractivity contribution in [2.75, 3.05) is 20.2 Å². The van der Waals surface area contributed by atoms with Crippen LogP contribution in [0.2, 0.25) is 0 Å². The highest BCUT2D eigenvalue weighted by Gasteiger charge is 2.20. The van der Waals surface area contributed by atoms with Crippen molar-refractivity contribution in [3.63, 3.8) is 0 Å². The quantitative estimate of drug-likeness (QED) is 0.159. The van der Waals surface area contributed by atoms with Crippen molar-refractivity contribution in [1.82, 2.24) is 20.6 Å². The molecule has 29 heavy (non-hydrogen) atoms. The minimum Gasteiger partial charge on any atom is -0.462 e. The van der Waals surface area contributed by atoms with Crippen LogP contribution in [0, 0.1) is 13.8 Å². The van der Waals surface area contributed by atoms with Gasteiger partial charge >= 0.3 is 5.97 Å². The summed E-state index contributed by atoms with van der Waals surface area (Å²) in [5.41, 5.74) is 1.80. The fourth-order valence-electron chi connectivity index (χ4n) is 2.58. The first kappa shape index (κ1) is 25.8. The molecule has 0 aromatic carbocycles. The number of aromatic nitrogens is 2. The maximum atomic E-state index is 12.0. The zero-order chi connectivity index (χ0) is 20.5. The van der Waals surface area contributed by atoms with Gasteiger partial charge in [-0.2, -0.15) is 0 Å². The summed E-state index contributed by atoms with van der Waals surface area (Å²) in [6.45, 7) is 8.85. The third-order valence-corrected chi connectivity index (χ3v) is 6.34. The lowest BCUT2D eigenvalue weighted by molar-refractivity contribution is 0.0531. The van der Waals surface area contributed by atoms with Crippen molar-refractivity contribution >= 4 is 58.6 Å². The Morgan fingerprint density at radius 3 is 2.69 bits per heavy atom. The van der Waals surface area contributed by atoms with Crippen molar-refractivity contribution in [3.8, 4) is 0 Å². The second-order valence-electron chi connectivity index (χ2n) is 6.39. The second kappa shape index (κ2) is 13.1. The number of hydrogen-bond acceptors (Lipinski definition) is 7.